The minimum Gasteiger partial charge on any atom is -0.508 e. The summed E-state index contributed by atoms with van der Waals surface area (Å²) in [5.41, 5.74) is 2.44. The number of methoxy groups -OCH3 is 1. The van der Waals surface area contributed by atoms with Crippen molar-refractivity contribution in [3.63, 3.8) is 0 Å². The molecule has 0 radical (unpaired) electrons. The Morgan fingerprint density at radius 1 is 1.26 bits per heavy atom. The second kappa shape index (κ2) is 7.67. The molecular formula is C20H33NO2. The number of phenolic OH excluding ortho intramolecular Hbond substituents is 1. The molecule has 1 saturated carbocycles. The van der Waals surface area contributed by atoms with E-state index < -0.39 is 0 Å². The zero-order valence-corrected chi connectivity index (χ0v) is 15.4. The smallest absolute Gasteiger partial charge is 0.119 e. The zero-order chi connectivity index (χ0) is 17.0. The first-order valence-electron chi connectivity index (χ1n) is 9.14. The molecule has 0 bridgehead atoms. The van der Waals surface area contributed by atoms with E-state index in [1.54, 1.807) is 0 Å². The van der Waals surface area contributed by atoms with Gasteiger partial charge in [0.25, 0.3) is 0 Å². The molecule has 2 aliphatic rings. The highest BCUT2D eigenvalue weighted by Crippen LogP contribution is 2.53. The topological polar surface area (TPSA) is 41.5 Å². The molecular weight excluding hydrogens is 286 g/mol. The van der Waals surface area contributed by atoms with E-state index in [0.29, 0.717) is 23.8 Å². The molecule has 0 amide bonds. The molecule has 3 nitrogen and oxygen atoms in total. The zero-order valence-electron chi connectivity index (χ0n) is 15.4. The summed E-state index contributed by atoms with van der Waals surface area (Å²) in [6.07, 6.45) is 4.71. The summed E-state index contributed by atoms with van der Waals surface area (Å²) in [6, 6.07) is 6.41. The van der Waals surface area contributed by atoms with Crippen molar-refractivity contribution < 1.29 is 9.84 Å². The lowest BCUT2D eigenvalue weighted by Crippen LogP contribution is -2.57. The van der Waals surface area contributed by atoms with Gasteiger partial charge in [0.15, 0.2) is 0 Å². The molecule has 0 aromatic heterocycles. The lowest BCUT2D eigenvalue weighted by Gasteiger charge is -2.53. The van der Waals surface area contributed by atoms with E-state index >= 15 is 0 Å². The number of nitrogens with one attached hydrogen (secondary N) is 1. The number of hydrogen-bond acceptors (Lipinski definition) is 3. The van der Waals surface area contributed by atoms with E-state index in [0.717, 1.165) is 25.8 Å². The van der Waals surface area contributed by atoms with Crippen LogP contribution >= 0.6 is 0 Å². The number of rotatable bonds is 2. The third-order valence-corrected chi connectivity index (χ3v) is 5.82. The minimum atomic E-state index is 0.0546. The molecule has 1 aromatic carbocycles. The molecule has 1 saturated heterocycles. The van der Waals surface area contributed by atoms with Crippen LogP contribution in [0.15, 0.2) is 18.2 Å². The summed E-state index contributed by atoms with van der Waals surface area (Å²) in [7, 11) is 1.82. The van der Waals surface area contributed by atoms with Crippen molar-refractivity contribution in [1.82, 2.24) is 5.32 Å². The predicted octanol–water partition coefficient (Wildman–Crippen LogP) is 4.16. The van der Waals surface area contributed by atoms with E-state index in [1.165, 1.54) is 17.5 Å². The lowest BCUT2D eigenvalue weighted by molar-refractivity contribution is -0.0114. The van der Waals surface area contributed by atoms with Gasteiger partial charge < -0.3 is 15.2 Å². The van der Waals surface area contributed by atoms with Gasteiger partial charge in [-0.1, -0.05) is 26.0 Å². The third kappa shape index (κ3) is 3.27. The van der Waals surface area contributed by atoms with Gasteiger partial charge in [0.1, 0.15) is 5.75 Å². The monoisotopic (exact) mass is 319 g/mol. The standard InChI is InChI=1S/C18H27NO2.C2H6/c1-12-5-4-6-16(20)17(12)18-9-10-19-13(2)15(18)8-7-14(11-18)21-3;1-2/h4-6,13-15,19-20H,7-11H2,1-3H3;1-2H3. The number of phenols is 1. The number of ether oxygens (including phenoxy) is 1. The molecule has 1 aromatic rings. The van der Waals surface area contributed by atoms with Gasteiger partial charge in [-0.25, -0.2) is 0 Å². The fourth-order valence-electron chi connectivity index (χ4n) is 4.90. The Kier molecular flexibility index (Phi) is 6.10. The van der Waals surface area contributed by atoms with Crippen LogP contribution in [-0.4, -0.2) is 30.9 Å². The van der Waals surface area contributed by atoms with Gasteiger partial charge in [0, 0.05) is 24.1 Å². The van der Waals surface area contributed by atoms with Crippen molar-refractivity contribution in [2.45, 2.75) is 70.9 Å². The average Bonchev–Trinajstić information content (AvgIpc) is 2.56. The van der Waals surface area contributed by atoms with Gasteiger partial charge in [-0.05, 0) is 63.6 Å². The van der Waals surface area contributed by atoms with E-state index in [2.05, 4.69) is 25.2 Å². The predicted molar refractivity (Wildman–Crippen MR) is 96.1 cm³/mol. The fraction of sp³-hybridized carbons (Fsp3) is 0.700. The number of hydrogen-bond donors (Lipinski definition) is 2. The van der Waals surface area contributed by atoms with E-state index in [1.807, 2.05) is 33.1 Å². The number of aryl methyl sites for hydroxylation is 1. The van der Waals surface area contributed by atoms with Crippen molar-refractivity contribution >= 4 is 0 Å². The first-order chi connectivity index (χ1) is 11.1. The molecule has 3 rings (SSSR count). The van der Waals surface area contributed by atoms with Crippen LogP contribution in [0.3, 0.4) is 0 Å². The molecule has 3 heteroatoms. The molecule has 130 valence electrons. The quantitative estimate of drug-likeness (QED) is 0.860. The molecule has 4 atom stereocenters. The van der Waals surface area contributed by atoms with Gasteiger partial charge in [-0.3, -0.25) is 0 Å². The van der Waals surface area contributed by atoms with Crippen LogP contribution in [0.5, 0.6) is 5.75 Å². The van der Waals surface area contributed by atoms with Crippen LogP contribution in [0.4, 0.5) is 0 Å². The number of aromatic hydroxyl groups is 1. The van der Waals surface area contributed by atoms with Crippen LogP contribution in [-0.2, 0) is 10.2 Å². The summed E-state index contributed by atoms with van der Waals surface area (Å²) < 4.78 is 5.70. The molecule has 2 N–H and O–H groups in total. The normalized spacial score (nSPS) is 33.3. The average molecular weight is 319 g/mol. The van der Waals surface area contributed by atoms with Crippen LogP contribution < -0.4 is 5.32 Å². The molecule has 1 aliphatic carbocycles. The van der Waals surface area contributed by atoms with Gasteiger partial charge in [0.05, 0.1) is 6.10 Å². The van der Waals surface area contributed by atoms with E-state index in [4.69, 9.17) is 4.74 Å². The van der Waals surface area contributed by atoms with Gasteiger partial charge >= 0.3 is 0 Å². The van der Waals surface area contributed by atoms with Gasteiger partial charge in [-0.15, -0.1) is 0 Å². The highest BCUT2D eigenvalue weighted by Gasteiger charge is 2.50. The Bertz CT molecular complexity index is 496. The van der Waals surface area contributed by atoms with E-state index in [-0.39, 0.29) is 5.41 Å². The summed E-state index contributed by atoms with van der Waals surface area (Å²) in [5.74, 6) is 1.04. The molecule has 4 unspecified atom stereocenters. The number of benzene rings is 1. The third-order valence-electron chi connectivity index (χ3n) is 5.82. The van der Waals surface area contributed by atoms with Crippen LogP contribution in [0, 0.1) is 12.8 Å². The van der Waals surface area contributed by atoms with Crippen LogP contribution in [0.1, 0.15) is 57.6 Å². The van der Waals surface area contributed by atoms with Gasteiger partial charge in [-0.2, -0.15) is 0 Å². The minimum absolute atomic E-state index is 0.0546. The van der Waals surface area contributed by atoms with Crippen LogP contribution in [0.2, 0.25) is 0 Å². The number of piperidine rings is 1. The second-order valence-electron chi connectivity index (χ2n) is 6.86. The van der Waals surface area contributed by atoms with E-state index in [9.17, 15) is 5.11 Å². The summed E-state index contributed by atoms with van der Waals surface area (Å²) in [4.78, 5) is 0. The summed E-state index contributed by atoms with van der Waals surface area (Å²) >= 11 is 0. The number of fused-ring (bicyclic) bond motifs is 1. The second-order valence-corrected chi connectivity index (χ2v) is 6.86. The van der Waals surface area contributed by atoms with Crippen molar-refractivity contribution in [2.24, 2.45) is 5.92 Å². The SMILES string of the molecule is CC.COC1CCC2C(C)NCCC2(c2c(C)cccc2O)C1. The highest BCUT2D eigenvalue weighted by molar-refractivity contribution is 5.46. The Morgan fingerprint density at radius 2 is 2.00 bits per heavy atom. The van der Waals surface area contributed by atoms with Crippen molar-refractivity contribution in [3.8, 4) is 5.75 Å². The largest absolute Gasteiger partial charge is 0.508 e. The maximum absolute atomic E-state index is 10.6. The molecule has 2 fully saturated rings. The molecule has 1 aliphatic heterocycles. The Hall–Kier alpha value is -1.06. The van der Waals surface area contributed by atoms with Gasteiger partial charge in [0.2, 0.25) is 0 Å². The fourth-order valence-corrected chi connectivity index (χ4v) is 4.90. The summed E-state index contributed by atoms with van der Waals surface area (Å²) in [5, 5.41) is 14.2. The Labute approximate surface area is 141 Å². The maximum Gasteiger partial charge on any atom is 0.119 e. The molecule has 1 heterocycles. The van der Waals surface area contributed by atoms with Crippen molar-refractivity contribution in [1.29, 1.82) is 0 Å². The molecule has 23 heavy (non-hydrogen) atoms. The Morgan fingerprint density at radius 3 is 2.65 bits per heavy atom. The first-order valence-corrected chi connectivity index (χ1v) is 9.14. The lowest BCUT2D eigenvalue weighted by atomic mass is 9.56. The highest BCUT2D eigenvalue weighted by atomic mass is 16.5. The Balaban J connectivity index is 0.000000924. The molecule has 0 spiro atoms. The first kappa shape index (κ1) is 18.3. The summed E-state index contributed by atoms with van der Waals surface area (Å²) in [6.45, 7) is 9.44. The van der Waals surface area contributed by atoms with Crippen LogP contribution in [0.25, 0.3) is 0 Å². The van der Waals surface area contributed by atoms with Crippen molar-refractivity contribution in [3.05, 3.63) is 29.3 Å². The van der Waals surface area contributed by atoms with Crippen molar-refractivity contribution in [2.75, 3.05) is 13.7 Å². The maximum atomic E-state index is 10.6.